The number of anilines is 4. The van der Waals surface area contributed by atoms with Crippen molar-refractivity contribution in [2.24, 2.45) is 14.0 Å². The average molecular weight is 861 g/mol. The zero-order valence-corrected chi connectivity index (χ0v) is 36.3. The first kappa shape index (κ1) is 32.4. The molecular weight excluding hydrogens is 809 g/mol. The second kappa shape index (κ2) is 14.4. The smallest absolute Gasteiger partial charge is 0.137 e. The van der Waals surface area contributed by atoms with Gasteiger partial charge in [0.05, 0.1) is 39.1 Å². The summed E-state index contributed by atoms with van der Waals surface area (Å²) in [5.74, 6) is 2.08. The molecule has 0 atom stereocenters. The molecule has 8 aromatic carbocycles. The van der Waals surface area contributed by atoms with Gasteiger partial charge in [-0.25, -0.2) is 4.98 Å². The van der Waals surface area contributed by atoms with Gasteiger partial charge in [0, 0.05) is 95.0 Å². The summed E-state index contributed by atoms with van der Waals surface area (Å²) >= 11 is 0. The summed E-state index contributed by atoms with van der Waals surface area (Å²) in [6.07, 6.45) is 1.89. The van der Waals surface area contributed by atoms with E-state index in [1.54, 1.807) is 0 Å². The van der Waals surface area contributed by atoms with Crippen LogP contribution in [0, 0.1) is 0 Å². The Morgan fingerprint density at radius 3 is 1.77 bits per heavy atom. The van der Waals surface area contributed by atoms with Crippen molar-refractivity contribution in [1.82, 2.24) is 18.7 Å². The monoisotopic (exact) mass is 860 g/mol. The fourth-order valence-corrected chi connectivity index (χ4v) is 10.5. The summed E-state index contributed by atoms with van der Waals surface area (Å²) in [6.45, 7) is -0.497. The van der Waals surface area contributed by atoms with E-state index >= 15 is 0 Å². The second-order valence-corrected chi connectivity index (χ2v) is 17.7. The van der Waals surface area contributed by atoms with Crippen molar-refractivity contribution < 1.29 is 13.0 Å². The number of pyridine rings is 1. The Balaban J connectivity index is 0.936. The zero-order valence-electron chi connectivity index (χ0n) is 42.3. The highest BCUT2D eigenvalue weighted by Gasteiger charge is 2.33. The maximum Gasteiger partial charge on any atom is 0.137 e. The van der Waals surface area contributed by atoms with E-state index in [0.29, 0.717) is 39.3 Å². The summed E-state index contributed by atoms with van der Waals surface area (Å²) in [7, 11) is 0. The molecule has 13 rings (SSSR count). The van der Waals surface area contributed by atoms with Gasteiger partial charge in [-0.15, -0.1) is 0 Å². The molecule has 0 unspecified atom stereocenters. The Labute approximate surface area is 391 Å². The Morgan fingerprint density at radius 2 is 1.08 bits per heavy atom. The van der Waals surface area contributed by atoms with E-state index in [-0.39, 0.29) is 12.1 Å². The third-order valence-corrected chi connectivity index (χ3v) is 13.8. The highest BCUT2D eigenvalue weighted by molar-refractivity contribution is 6.25. The minimum atomic E-state index is -2.61. The van der Waals surface area contributed by atoms with E-state index in [4.69, 9.17) is 17.9 Å². The number of aromatic nitrogens is 4. The van der Waals surface area contributed by atoms with Crippen molar-refractivity contribution in [3.63, 3.8) is 0 Å². The Bertz CT molecular complexity index is 4040. The largest absolute Gasteiger partial charge is 0.457 e. The van der Waals surface area contributed by atoms with Crippen molar-refractivity contribution in [2.75, 3.05) is 16.5 Å². The predicted octanol–water partition coefficient (Wildman–Crippen LogP) is 14.8. The van der Waals surface area contributed by atoms with Crippen LogP contribution in [-0.4, -0.2) is 25.4 Å². The first-order valence-electron chi connectivity index (χ1n) is 25.2. The molecule has 1 aliphatic rings. The molecule has 5 heterocycles. The summed E-state index contributed by atoms with van der Waals surface area (Å²) in [6, 6.07) is 62.3. The van der Waals surface area contributed by atoms with E-state index in [0.717, 1.165) is 71.8 Å². The minimum Gasteiger partial charge on any atom is -0.457 e. The van der Waals surface area contributed by atoms with E-state index in [2.05, 4.69) is 101 Å². The van der Waals surface area contributed by atoms with Gasteiger partial charge in [0.2, 0.25) is 0 Å². The lowest BCUT2D eigenvalue weighted by molar-refractivity contribution is 0.483. The average Bonchev–Trinajstić information content (AvgIpc) is 4.13. The zero-order chi connectivity index (χ0) is 49.3. The molecule has 0 N–H and O–H groups in total. The number of nitrogens with zero attached hydrogens (tertiary/aromatic N) is 6. The van der Waals surface area contributed by atoms with Gasteiger partial charge in [-0.3, -0.25) is 4.57 Å². The second-order valence-electron chi connectivity index (χ2n) is 17.7. The SMILES string of the molecule is [2H]C([2H])([2H])n1c2ccccc2c2cc3c4ccccc4n(C([2H])([2H])[2H])c3c(N3CN(c4cccc(Oc5ccc6c7ccccc7n(-c7cc(C(C)(C)c8ccccc8)ccn7)c6c5)c4)c4ccccc43)c21. The lowest BCUT2D eigenvalue weighted by atomic mass is 9.78. The highest BCUT2D eigenvalue weighted by Crippen LogP contribution is 2.51. The molecule has 318 valence electrons. The molecule has 0 saturated carbocycles. The number of fused-ring (bicyclic) bond motifs is 10. The Morgan fingerprint density at radius 1 is 0.485 bits per heavy atom. The number of para-hydroxylation sites is 5. The molecule has 7 heteroatoms. The summed E-state index contributed by atoms with van der Waals surface area (Å²) < 4.78 is 65.6. The molecule has 7 nitrogen and oxygen atoms in total. The topological polar surface area (TPSA) is 43.4 Å². The maximum atomic E-state index is 8.97. The predicted molar refractivity (Wildman–Crippen MR) is 274 cm³/mol. The van der Waals surface area contributed by atoms with Gasteiger partial charge in [0.1, 0.15) is 24.0 Å². The van der Waals surface area contributed by atoms with Gasteiger partial charge in [-0.2, -0.15) is 0 Å². The summed E-state index contributed by atoms with van der Waals surface area (Å²) in [4.78, 5) is 9.18. The van der Waals surface area contributed by atoms with E-state index in [1.165, 1.54) is 14.7 Å². The molecule has 66 heavy (non-hydrogen) atoms. The van der Waals surface area contributed by atoms with Crippen molar-refractivity contribution in [1.29, 1.82) is 0 Å². The first-order valence-corrected chi connectivity index (χ1v) is 22.2. The fraction of sp³-hybridized carbons (Fsp3) is 0.102. The Kier molecular flexibility index (Phi) is 7.04. The van der Waals surface area contributed by atoms with Crippen LogP contribution in [0.25, 0.3) is 71.2 Å². The van der Waals surface area contributed by atoms with Crippen molar-refractivity contribution in [3.8, 4) is 17.3 Å². The van der Waals surface area contributed by atoms with Crippen LogP contribution < -0.4 is 14.5 Å². The standard InChI is InChI=1S/C59H46N6O/c1-59(2,38-17-6-5-7-18-38)39-31-32-60-55(33-39)65-51-26-13-10-21-43(51)46-30-29-42(35-54(46)65)66-41-20-16-19-40(34-41)63-37-64(53-28-15-14-27-52(53)63)58-56-47(44-22-8-11-24-49(44)61(56)3)36-48-45-23-9-12-25-50(45)62(4)57(48)58/h5-36H,37H2,1-4H3/i3D3,4D3. The molecule has 1 aliphatic heterocycles. The van der Waals surface area contributed by atoms with Gasteiger partial charge in [0.15, 0.2) is 0 Å². The third kappa shape index (κ3) is 5.59. The highest BCUT2D eigenvalue weighted by atomic mass is 16.5. The van der Waals surface area contributed by atoms with Crippen molar-refractivity contribution in [2.45, 2.75) is 19.3 Å². The van der Waals surface area contributed by atoms with Crippen LogP contribution in [0.4, 0.5) is 22.7 Å². The van der Waals surface area contributed by atoms with Crippen molar-refractivity contribution >= 4 is 88.2 Å². The molecule has 0 radical (unpaired) electrons. The lowest BCUT2D eigenvalue weighted by Gasteiger charge is -2.26. The van der Waals surface area contributed by atoms with Crippen LogP contribution in [0.1, 0.15) is 33.2 Å². The van der Waals surface area contributed by atoms with E-state index in [9.17, 15) is 0 Å². The van der Waals surface area contributed by atoms with Crippen LogP contribution >= 0.6 is 0 Å². The van der Waals surface area contributed by atoms with Gasteiger partial charge >= 0.3 is 0 Å². The number of ether oxygens (including phenoxy) is 1. The van der Waals surface area contributed by atoms with Crippen LogP contribution in [0.5, 0.6) is 11.5 Å². The quantitative estimate of drug-likeness (QED) is 0.160. The molecule has 0 amide bonds. The van der Waals surface area contributed by atoms with Gasteiger partial charge < -0.3 is 23.7 Å². The van der Waals surface area contributed by atoms with Gasteiger partial charge in [-0.05, 0) is 83.9 Å². The number of benzene rings is 8. The molecule has 0 saturated heterocycles. The summed E-state index contributed by atoms with van der Waals surface area (Å²) in [5.41, 5.74) is 9.03. The maximum absolute atomic E-state index is 8.97. The molecule has 0 fully saturated rings. The lowest BCUT2D eigenvalue weighted by Crippen LogP contribution is -2.25. The van der Waals surface area contributed by atoms with E-state index < -0.39 is 14.0 Å². The number of aryl methyl sites for hydroxylation is 2. The van der Waals surface area contributed by atoms with Crippen LogP contribution in [-0.2, 0) is 19.4 Å². The molecule has 12 aromatic rings. The Hall–Kier alpha value is -8.29. The fourth-order valence-electron chi connectivity index (χ4n) is 10.5. The normalized spacial score (nSPS) is 14.8. The van der Waals surface area contributed by atoms with Gasteiger partial charge in [-0.1, -0.05) is 117 Å². The van der Waals surface area contributed by atoms with Crippen molar-refractivity contribution in [3.05, 3.63) is 205 Å². The number of rotatable bonds is 7. The van der Waals surface area contributed by atoms with Gasteiger partial charge in [0.25, 0.3) is 0 Å². The number of hydrogen-bond acceptors (Lipinski definition) is 4. The molecule has 0 aliphatic carbocycles. The molecule has 4 aromatic heterocycles. The molecular formula is C59H46N6O. The summed E-state index contributed by atoms with van der Waals surface area (Å²) in [5, 5.41) is 5.16. The van der Waals surface area contributed by atoms with Crippen LogP contribution in [0.3, 0.4) is 0 Å². The first-order chi connectivity index (χ1) is 34.8. The van der Waals surface area contributed by atoms with Crippen LogP contribution in [0.2, 0.25) is 0 Å². The third-order valence-electron chi connectivity index (χ3n) is 13.8. The van der Waals surface area contributed by atoms with Crippen LogP contribution in [0.15, 0.2) is 194 Å². The number of hydrogen-bond donors (Lipinski definition) is 0. The van der Waals surface area contributed by atoms with E-state index in [1.807, 2.05) is 121 Å². The molecule has 0 spiro atoms. The minimum absolute atomic E-state index is 0.237. The molecule has 0 bridgehead atoms.